The third-order valence-electron chi connectivity index (χ3n) is 7.13. The number of rotatable bonds is 5. The summed E-state index contributed by atoms with van der Waals surface area (Å²) < 4.78 is 11.2. The lowest BCUT2D eigenvalue weighted by atomic mass is 9.72. The number of nitrogens with zero attached hydrogens (tertiary/aromatic N) is 4. The van der Waals surface area contributed by atoms with E-state index in [1.165, 1.54) is 16.7 Å². The fourth-order valence-corrected chi connectivity index (χ4v) is 6.76. The van der Waals surface area contributed by atoms with Gasteiger partial charge in [-0.25, -0.2) is 15.0 Å². The number of hydrogen-bond acceptors (Lipinski definition) is 8. The summed E-state index contributed by atoms with van der Waals surface area (Å²) in [7, 11) is 7.45. The van der Waals surface area contributed by atoms with Gasteiger partial charge >= 0.3 is 0 Å². The highest BCUT2D eigenvalue weighted by Gasteiger charge is 2.49. The van der Waals surface area contributed by atoms with Crippen molar-refractivity contribution in [1.82, 2.24) is 4.98 Å². The molecule has 3 heterocycles. The number of para-hydroxylation sites is 1. The number of thioether (sulfide) groups is 1. The van der Waals surface area contributed by atoms with Crippen LogP contribution in [0, 0.1) is 5.41 Å². The van der Waals surface area contributed by atoms with Gasteiger partial charge in [0.1, 0.15) is 22.8 Å². The molecule has 1 aromatic carbocycles. The van der Waals surface area contributed by atoms with E-state index in [1.807, 2.05) is 18.2 Å². The number of anilines is 1. The normalized spacial score (nSPS) is 24.1. The van der Waals surface area contributed by atoms with Gasteiger partial charge in [0.15, 0.2) is 11.5 Å². The van der Waals surface area contributed by atoms with Gasteiger partial charge in [-0.05, 0) is 41.9 Å². The number of benzene rings is 1. The largest absolute Gasteiger partial charge is 0.493 e. The van der Waals surface area contributed by atoms with Gasteiger partial charge in [-0.15, -0.1) is 0 Å². The number of hydrogen-bond donors (Lipinski definition) is 1. The van der Waals surface area contributed by atoms with Crippen molar-refractivity contribution >= 4 is 29.6 Å². The third kappa shape index (κ3) is 3.67. The summed E-state index contributed by atoms with van der Waals surface area (Å²) in [5, 5.41) is 0.893. The average molecular weight is 480 g/mol. The Hall–Kier alpha value is -2.58. The molecule has 8 heteroatoms. The fraction of sp³-hybridized carbons (Fsp3) is 0.500. The molecule has 7 nitrogen and oxygen atoms in total. The van der Waals surface area contributed by atoms with E-state index < -0.39 is 5.66 Å². The predicted molar refractivity (Wildman–Crippen MR) is 139 cm³/mol. The summed E-state index contributed by atoms with van der Waals surface area (Å²) in [6.07, 6.45) is 5.33. The third-order valence-corrected chi connectivity index (χ3v) is 8.51. The molecule has 1 aromatic heterocycles. The van der Waals surface area contributed by atoms with Crippen molar-refractivity contribution in [3.63, 3.8) is 0 Å². The first-order valence-electron chi connectivity index (χ1n) is 11.7. The van der Waals surface area contributed by atoms with E-state index in [2.05, 4.69) is 32.8 Å². The second kappa shape index (κ2) is 8.27. The zero-order chi connectivity index (χ0) is 24.3. The number of aromatic nitrogens is 1. The lowest BCUT2D eigenvalue weighted by molar-refractivity contribution is 0.314. The Morgan fingerprint density at radius 3 is 2.68 bits per heavy atom. The minimum absolute atomic E-state index is 0.123. The number of pyridine rings is 1. The monoisotopic (exact) mass is 479 g/mol. The molecular weight excluding hydrogens is 446 g/mol. The van der Waals surface area contributed by atoms with E-state index in [9.17, 15) is 0 Å². The first kappa shape index (κ1) is 23.2. The Kier molecular flexibility index (Phi) is 5.64. The van der Waals surface area contributed by atoms with Crippen molar-refractivity contribution in [2.24, 2.45) is 21.1 Å². The fourth-order valence-electron chi connectivity index (χ4n) is 5.41. The van der Waals surface area contributed by atoms with E-state index in [0.717, 1.165) is 41.4 Å². The number of fused-ring (bicyclic) bond motifs is 5. The van der Waals surface area contributed by atoms with Gasteiger partial charge in [-0.3, -0.25) is 0 Å². The summed E-state index contributed by atoms with van der Waals surface area (Å²) in [6.45, 7) is 4.70. The minimum Gasteiger partial charge on any atom is -0.493 e. The summed E-state index contributed by atoms with van der Waals surface area (Å²) in [5.41, 5.74) is 12.3. The van der Waals surface area contributed by atoms with Crippen LogP contribution in [-0.4, -0.2) is 56.3 Å². The second-order valence-corrected chi connectivity index (χ2v) is 11.5. The highest BCUT2D eigenvalue weighted by atomic mass is 32.2. The van der Waals surface area contributed by atoms with E-state index in [1.54, 1.807) is 32.3 Å². The zero-order valence-corrected chi connectivity index (χ0v) is 21.6. The van der Waals surface area contributed by atoms with Crippen LogP contribution < -0.4 is 20.1 Å². The van der Waals surface area contributed by atoms with Crippen molar-refractivity contribution in [3.05, 3.63) is 40.5 Å². The van der Waals surface area contributed by atoms with Crippen LogP contribution in [0.3, 0.4) is 0 Å². The van der Waals surface area contributed by atoms with E-state index in [-0.39, 0.29) is 10.7 Å². The summed E-state index contributed by atoms with van der Waals surface area (Å²) in [6, 6.07) is 5.88. The van der Waals surface area contributed by atoms with E-state index in [4.69, 9.17) is 30.2 Å². The van der Waals surface area contributed by atoms with Crippen LogP contribution in [0.5, 0.6) is 11.5 Å². The van der Waals surface area contributed by atoms with E-state index >= 15 is 0 Å². The Balaban J connectivity index is 1.59. The van der Waals surface area contributed by atoms with Crippen LogP contribution in [0.1, 0.15) is 42.5 Å². The molecule has 34 heavy (non-hydrogen) atoms. The minimum atomic E-state index is -0.878. The van der Waals surface area contributed by atoms with Gasteiger partial charge in [-0.1, -0.05) is 37.7 Å². The predicted octanol–water partition coefficient (Wildman–Crippen LogP) is 3.88. The maximum atomic E-state index is 7.06. The lowest BCUT2D eigenvalue weighted by Gasteiger charge is -2.35. The van der Waals surface area contributed by atoms with Gasteiger partial charge in [-0.2, -0.15) is 0 Å². The number of methoxy groups -OCH3 is 2. The first-order chi connectivity index (χ1) is 16.2. The molecular formula is C26H33N5O2S. The molecule has 0 bridgehead atoms. The van der Waals surface area contributed by atoms with Crippen LogP contribution in [0.25, 0.3) is 0 Å². The summed E-state index contributed by atoms with van der Waals surface area (Å²) in [5.74, 6) is 2.45. The van der Waals surface area contributed by atoms with Gasteiger partial charge in [0.2, 0.25) is 0 Å². The Bertz CT molecular complexity index is 1210. The summed E-state index contributed by atoms with van der Waals surface area (Å²) >= 11 is 1.69. The molecule has 1 aliphatic carbocycles. The molecule has 2 aliphatic heterocycles. The van der Waals surface area contributed by atoms with Crippen molar-refractivity contribution in [2.75, 3.05) is 33.2 Å². The maximum absolute atomic E-state index is 7.06. The molecule has 0 amide bonds. The van der Waals surface area contributed by atoms with Crippen LogP contribution >= 0.6 is 11.8 Å². The van der Waals surface area contributed by atoms with Gasteiger partial charge < -0.3 is 20.1 Å². The number of aliphatic imine (C=N–C) groups is 2. The summed E-state index contributed by atoms with van der Waals surface area (Å²) in [4.78, 5) is 16.8. The SMILES string of the molecule is COc1cccc(CC2(N)N=CN=C3c4c(nc(N(C)C)c5c4CC(C)(C)CC5)SC32)c1OC. The molecule has 0 fully saturated rings. The van der Waals surface area contributed by atoms with Gasteiger partial charge in [0, 0.05) is 31.6 Å². The topological polar surface area (TPSA) is 85.3 Å². The quantitative estimate of drug-likeness (QED) is 0.701. The molecule has 2 N–H and O–H groups in total. The maximum Gasteiger partial charge on any atom is 0.164 e. The molecule has 0 saturated heterocycles. The second-order valence-electron chi connectivity index (χ2n) is 10.4. The Labute approximate surface area is 205 Å². The van der Waals surface area contributed by atoms with E-state index in [0.29, 0.717) is 17.9 Å². The molecule has 2 aromatic rings. The van der Waals surface area contributed by atoms with Gasteiger partial charge in [0.05, 0.1) is 25.2 Å². The standard InChI is InChI=1S/C26H33N5O2S/c1-25(2)11-10-16-17(13-25)19-20-22(34-24(19)30-23(16)31(3)4)26(27,29-14-28-20)12-15-8-7-9-18(32-5)21(15)33-6/h7-9,14,22H,10-13,27H2,1-6H3. The van der Waals surface area contributed by atoms with Crippen molar-refractivity contribution in [1.29, 1.82) is 0 Å². The van der Waals surface area contributed by atoms with Gasteiger partial charge in [0.25, 0.3) is 0 Å². The molecule has 0 radical (unpaired) electrons. The van der Waals surface area contributed by atoms with Crippen molar-refractivity contribution in [2.45, 2.75) is 55.5 Å². The number of nitrogens with two attached hydrogens (primary N) is 1. The van der Waals surface area contributed by atoms with Crippen molar-refractivity contribution < 1.29 is 9.47 Å². The Morgan fingerprint density at radius 2 is 1.97 bits per heavy atom. The molecule has 180 valence electrons. The van der Waals surface area contributed by atoms with Crippen LogP contribution in [0.2, 0.25) is 0 Å². The molecule has 2 atom stereocenters. The molecule has 0 spiro atoms. The first-order valence-corrected chi connectivity index (χ1v) is 12.6. The lowest BCUT2D eigenvalue weighted by Crippen LogP contribution is -2.53. The number of ether oxygens (including phenoxy) is 2. The highest BCUT2D eigenvalue weighted by Crippen LogP contribution is 2.50. The zero-order valence-electron chi connectivity index (χ0n) is 20.8. The molecule has 0 saturated carbocycles. The Morgan fingerprint density at radius 1 is 1.18 bits per heavy atom. The molecule has 5 rings (SSSR count). The smallest absolute Gasteiger partial charge is 0.164 e. The average Bonchev–Trinajstić information content (AvgIpc) is 3.18. The highest BCUT2D eigenvalue weighted by molar-refractivity contribution is 8.01. The molecule has 2 unspecified atom stereocenters. The van der Waals surface area contributed by atoms with Crippen LogP contribution in [0.15, 0.2) is 33.2 Å². The van der Waals surface area contributed by atoms with Crippen molar-refractivity contribution in [3.8, 4) is 11.5 Å². The molecule has 3 aliphatic rings. The van der Waals surface area contributed by atoms with Crippen LogP contribution in [0.4, 0.5) is 5.82 Å². The van der Waals surface area contributed by atoms with Crippen LogP contribution in [-0.2, 0) is 19.3 Å².